The molecule has 22 heavy (non-hydrogen) atoms. The molecule has 0 unspecified atom stereocenters. The average molecular weight is 311 g/mol. The molecule has 0 spiro atoms. The van der Waals surface area contributed by atoms with Gasteiger partial charge in [0.1, 0.15) is 0 Å². The van der Waals surface area contributed by atoms with Crippen LogP contribution in [0.3, 0.4) is 0 Å². The zero-order chi connectivity index (χ0) is 15.5. The fourth-order valence-corrected chi connectivity index (χ4v) is 3.56. The zero-order valence-electron chi connectivity index (χ0n) is 13.3. The predicted octanol–water partition coefficient (Wildman–Crippen LogP) is 3.50. The van der Waals surface area contributed by atoms with Crippen LogP contribution in [0.25, 0.3) is 10.9 Å². The van der Waals surface area contributed by atoms with Gasteiger partial charge in [-0.1, -0.05) is 30.3 Å². The van der Waals surface area contributed by atoms with Gasteiger partial charge >= 0.3 is 0 Å². The Kier molecular flexibility index (Phi) is 4.55. The minimum absolute atomic E-state index is 0.929. The van der Waals surface area contributed by atoms with Gasteiger partial charge in [0.2, 0.25) is 0 Å². The predicted molar refractivity (Wildman–Crippen MR) is 95.5 cm³/mol. The average Bonchev–Trinajstić information content (AvgIpc) is 2.81. The third kappa shape index (κ3) is 2.79. The second-order valence-corrected chi connectivity index (χ2v) is 6.50. The number of nitrogens with zero attached hydrogens (tertiary/aromatic N) is 1. The van der Waals surface area contributed by atoms with Crippen molar-refractivity contribution in [3.63, 3.8) is 0 Å². The molecule has 1 aromatic heterocycles. The fourth-order valence-electron chi connectivity index (χ4n) is 3.12. The first kappa shape index (κ1) is 15.2. The maximum absolute atomic E-state index is 4.05. The van der Waals surface area contributed by atoms with Crippen molar-refractivity contribution in [3.8, 4) is 0 Å². The van der Waals surface area contributed by atoms with Crippen molar-refractivity contribution in [1.82, 2.24) is 4.57 Å². The lowest BCUT2D eigenvalue weighted by Crippen LogP contribution is -2.51. The smallest absolute Gasteiger partial charge is 0.0781 e. The second kappa shape index (κ2) is 6.59. The van der Waals surface area contributed by atoms with Crippen LogP contribution in [0.15, 0.2) is 53.4 Å². The van der Waals surface area contributed by atoms with Crippen LogP contribution in [0.2, 0.25) is 0 Å². The van der Waals surface area contributed by atoms with Gasteiger partial charge in [0.15, 0.2) is 0 Å². The molecule has 0 amide bonds. The van der Waals surface area contributed by atoms with Gasteiger partial charge in [-0.25, -0.2) is 0 Å². The van der Waals surface area contributed by atoms with E-state index in [1.807, 2.05) is 0 Å². The molecule has 3 heteroatoms. The topological polar surface area (TPSA) is 32.6 Å². The number of fused-ring (bicyclic) bond motifs is 1. The summed E-state index contributed by atoms with van der Waals surface area (Å²) in [6, 6.07) is 17.5. The molecule has 0 saturated heterocycles. The van der Waals surface area contributed by atoms with Gasteiger partial charge in [0.25, 0.3) is 0 Å². The van der Waals surface area contributed by atoms with E-state index in [0.29, 0.717) is 0 Å². The van der Waals surface area contributed by atoms with E-state index < -0.39 is 0 Å². The van der Waals surface area contributed by atoms with Crippen LogP contribution in [0.4, 0.5) is 0 Å². The van der Waals surface area contributed by atoms with Crippen molar-refractivity contribution in [2.45, 2.75) is 24.8 Å². The summed E-state index contributed by atoms with van der Waals surface area (Å²) in [7, 11) is 0. The third-order valence-electron chi connectivity index (χ3n) is 4.27. The van der Waals surface area contributed by atoms with Crippen molar-refractivity contribution in [2.75, 3.05) is 12.8 Å². The minimum Gasteiger partial charge on any atom is -0.357 e. The molecular formula is C19H23N2S+. The highest BCUT2D eigenvalue weighted by molar-refractivity contribution is 7.98. The van der Waals surface area contributed by atoms with Crippen molar-refractivity contribution in [3.05, 3.63) is 65.4 Å². The highest BCUT2D eigenvalue weighted by atomic mass is 32.2. The molecule has 2 aromatic carbocycles. The number of benzene rings is 2. The first-order valence-electron chi connectivity index (χ1n) is 7.73. The molecule has 2 nitrogen and oxygen atoms in total. The maximum atomic E-state index is 4.05. The van der Waals surface area contributed by atoms with Crippen LogP contribution in [0, 0.1) is 6.92 Å². The van der Waals surface area contributed by atoms with Crippen LogP contribution >= 0.6 is 11.8 Å². The van der Waals surface area contributed by atoms with Gasteiger partial charge in [0, 0.05) is 34.5 Å². The summed E-state index contributed by atoms with van der Waals surface area (Å²) < 4.78 is 2.44. The van der Waals surface area contributed by atoms with E-state index in [2.05, 4.69) is 72.0 Å². The lowest BCUT2D eigenvalue weighted by atomic mass is 10.1. The van der Waals surface area contributed by atoms with Gasteiger partial charge < -0.3 is 10.3 Å². The first-order chi connectivity index (χ1) is 10.7. The largest absolute Gasteiger partial charge is 0.357 e. The number of quaternary nitrogens is 1. The SMILES string of the molecule is CSc1ccc2c(c1)c(CC[NH3+])c(C)n2Cc1ccccc1. The molecule has 3 rings (SSSR count). The van der Waals surface area contributed by atoms with Crippen molar-refractivity contribution in [1.29, 1.82) is 0 Å². The van der Waals surface area contributed by atoms with E-state index >= 15 is 0 Å². The molecule has 0 fully saturated rings. The van der Waals surface area contributed by atoms with E-state index in [1.54, 1.807) is 11.8 Å². The van der Waals surface area contributed by atoms with E-state index in [4.69, 9.17) is 0 Å². The summed E-state index contributed by atoms with van der Waals surface area (Å²) in [5, 5.41) is 1.39. The highest BCUT2D eigenvalue weighted by Crippen LogP contribution is 2.30. The van der Waals surface area contributed by atoms with Crippen LogP contribution < -0.4 is 5.73 Å². The Hall–Kier alpha value is -1.71. The molecule has 3 aromatic rings. The van der Waals surface area contributed by atoms with Crippen LogP contribution in [0.5, 0.6) is 0 Å². The van der Waals surface area contributed by atoms with E-state index in [-0.39, 0.29) is 0 Å². The standard InChI is InChI=1S/C19H22N2S/c1-14-17(10-11-20)18-12-16(22-2)8-9-19(18)21(14)13-15-6-4-3-5-7-15/h3-9,12H,10-11,13,20H2,1-2H3/p+1. The molecule has 0 saturated carbocycles. The summed E-state index contributed by atoms with van der Waals surface area (Å²) in [5.41, 5.74) is 9.56. The number of hydrogen-bond donors (Lipinski definition) is 1. The van der Waals surface area contributed by atoms with Crippen LogP contribution in [-0.2, 0) is 13.0 Å². The van der Waals surface area contributed by atoms with Gasteiger partial charge in [-0.05, 0) is 42.5 Å². The van der Waals surface area contributed by atoms with E-state index in [9.17, 15) is 0 Å². The summed E-state index contributed by atoms with van der Waals surface area (Å²) in [5.74, 6) is 0. The normalized spacial score (nSPS) is 11.2. The Morgan fingerprint density at radius 2 is 1.86 bits per heavy atom. The summed E-state index contributed by atoms with van der Waals surface area (Å²) in [4.78, 5) is 1.33. The second-order valence-electron chi connectivity index (χ2n) is 5.62. The number of rotatable bonds is 5. The lowest BCUT2D eigenvalue weighted by molar-refractivity contribution is -0.366. The molecule has 0 radical (unpaired) electrons. The quantitative estimate of drug-likeness (QED) is 0.719. The molecule has 3 N–H and O–H groups in total. The molecule has 0 aliphatic heterocycles. The fraction of sp³-hybridized carbons (Fsp3) is 0.263. The summed E-state index contributed by atoms with van der Waals surface area (Å²) in [6.07, 6.45) is 3.18. The van der Waals surface area contributed by atoms with Gasteiger partial charge in [-0.3, -0.25) is 0 Å². The van der Waals surface area contributed by atoms with Crippen molar-refractivity contribution < 1.29 is 5.73 Å². The zero-order valence-corrected chi connectivity index (χ0v) is 14.1. The molecule has 0 atom stereocenters. The summed E-state index contributed by atoms with van der Waals surface area (Å²) in [6.45, 7) is 4.11. The molecule has 1 heterocycles. The Labute approximate surface area is 136 Å². The van der Waals surface area contributed by atoms with Crippen LogP contribution in [-0.4, -0.2) is 17.4 Å². The number of aromatic nitrogens is 1. The third-order valence-corrected chi connectivity index (χ3v) is 5.00. The monoisotopic (exact) mass is 311 g/mol. The van der Waals surface area contributed by atoms with Gasteiger partial charge in [-0.2, -0.15) is 0 Å². The summed E-state index contributed by atoms with van der Waals surface area (Å²) >= 11 is 1.80. The minimum atomic E-state index is 0.929. The number of thioether (sulfide) groups is 1. The Morgan fingerprint density at radius 3 is 2.55 bits per heavy atom. The molecule has 114 valence electrons. The van der Waals surface area contributed by atoms with E-state index in [1.165, 1.54) is 32.6 Å². The van der Waals surface area contributed by atoms with Gasteiger partial charge in [0.05, 0.1) is 6.54 Å². The Balaban J connectivity index is 2.14. The molecule has 0 aliphatic carbocycles. The van der Waals surface area contributed by atoms with Crippen molar-refractivity contribution in [2.24, 2.45) is 0 Å². The Morgan fingerprint density at radius 1 is 1.09 bits per heavy atom. The lowest BCUT2D eigenvalue weighted by Gasteiger charge is -2.09. The van der Waals surface area contributed by atoms with Crippen molar-refractivity contribution >= 4 is 22.7 Å². The molecule has 0 aliphatic rings. The Bertz CT molecular complexity index is 775. The van der Waals surface area contributed by atoms with E-state index in [0.717, 1.165) is 19.5 Å². The number of hydrogen-bond acceptors (Lipinski definition) is 1. The first-order valence-corrected chi connectivity index (χ1v) is 8.96. The maximum Gasteiger partial charge on any atom is 0.0781 e. The molecular weight excluding hydrogens is 288 g/mol. The molecule has 0 bridgehead atoms. The highest BCUT2D eigenvalue weighted by Gasteiger charge is 2.14. The van der Waals surface area contributed by atoms with Crippen LogP contribution in [0.1, 0.15) is 16.8 Å². The van der Waals surface area contributed by atoms with Gasteiger partial charge in [-0.15, -0.1) is 11.8 Å².